The highest BCUT2D eigenvalue weighted by Crippen LogP contribution is 2.34. The van der Waals surface area contributed by atoms with Crippen LogP contribution < -0.4 is 0 Å². The van der Waals surface area contributed by atoms with Crippen LogP contribution in [-0.4, -0.2) is 34.6 Å². The first-order valence-electron chi connectivity index (χ1n) is 9.76. The van der Waals surface area contributed by atoms with Gasteiger partial charge in [-0.1, -0.05) is 57.5 Å². The number of hydrogen-bond donors (Lipinski definition) is 0. The number of hydrogen-bond acceptors (Lipinski definition) is 3. The summed E-state index contributed by atoms with van der Waals surface area (Å²) < 4.78 is 30.7. The van der Waals surface area contributed by atoms with Gasteiger partial charge < -0.3 is 0 Å². The summed E-state index contributed by atoms with van der Waals surface area (Å²) in [6.07, 6.45) is 4.61. The van der Waals surface area contributed by atoms with Crippen LogP contribution in [0, 0.1) is 0 Å². The van der Waals surface area contributed by atoms with Gasteiger partial charge in [0.25, 0.3) is 0 Å². The van der Waals surface area contributed by atoms with Crippen molar-refractivity contribution in [3.63, 3.8) is 0 Å². The van der Waals surface area contributed by atoms with Gasteiger partial charge >= 0.3 is 0 Å². The zero-order valence-electron chi connectivity index (χ0n) is 17.0. The molecule has 1 saturated heterocycles. The van der Waals surface area contributed by atoms with Crippen molar-refractivity contribution in [3.8, 4) is 0 Å². The Hall–Kier alpha value is -1.66. The summed E-state index contributed by atoms with van der Waals surface area (Å²) in [5, 5.41) is 4.70. The van der Waals surface area contributed by atoms with Crippen molar-refractivity contribution < 1.29 is 8.42 Å². The Balaban J connectivity index is 2.05. The number of benzene rings is 1. The van der Waals surface area contributed by atoms with E-state index in [0.29, 0.717) is 17.1 Å². The van der Waals surface area contributed by atoms with Crippen molar-refractivity contribution in [3.05, 3.63) is 47.8 Å². The van der Waals surface area contributed by atoms with Gasteiger partial charge in [-0.15, -0.1) is 0 Å². The lowest BCUT2D eigenvalue weighted by molar-refractivity contribution is 0.204. The molecule has 5 nitrogen and oxygen atoms in total. The van der Waals surface area contributed by atoms with Gasteiger partial charge in [0.1, 0.15) is 4.90 Å². The molecular weight excluding hydrogens is 358 g/mol. The fourth-order valence-corrected chi connectivity index (χ4v) is 6.18. The van der Waals surface area contributed by atoms with Crippen molar-refractivity contribution in [1.29, 1.82) is 0 Å². The molecule has 2 unspecified atom stereocenters. The molecule has 1 aromatic carbocycles. The van der Waals surface area contributed by atoms with E-state index in [-0.39, 0.29) is 17.5 Å². The number of sulfonamides is 1. The predicted molar refractivity (Wildman–Crippen MR) is 108 cm³/mol. The molecule has 0 bridgehead atoms. The summed E-state index contributed by atoms with van der Waals surface area (Å²) in [6.45, 7) is 10.6. The zero-order chi connectivity index (χ0) is 19.8. The summed E-state index contributed by atoms with van der Waals surface area (Å²) in [5.74, 6) is 0. The van der Waals surface area contributed by atoms with Gasteiger partial charge in [0.15, 0.2) is 0 Å². The van der Waals surface area contributed by atoms with Gasteiger partial charge in [-0.2, -0.15) is 9.40 Å². The Morgan fingerprint density at radius 3 is 2.22 bits per heavy atom. The minimum atomic E-state index is -3.60. The Bertz CT molecular complexity index is 872. The maximum Gasteiger partial charge on any atom is 0.246 e. The number of piperidine rings is 1. The highest BCUT2D eigenvalue weighted by molar-refractivity contribution is 7.89. The standard InChI is InChI=1S/C21H31N3O2S/c1-16-10-9-11-17(2)24(16)27(25,26)19-15-23(22-20(19)21(3,4)5)14-18-12-7-6-8-13-18/h6-8,12-13,15-17H,9-11,14H2,1-5H3. The molecule has 0 N–H and O–H groups in total. The van der Waals surface area contributed by atoms with E-state index >= 15 is 0 Å². The molecule has 0 spiro atoms. The predicted octanol–water partition coefficient (Wildman–Crippen LogP) is 4.18. The Labute approximate surface area is 163 Å². The van der Waals surface area contributed by atoms with Crippen LogP contribution in [0.25, 0.3) is 0 Å². The van der Waals surface area contributed by atoms with Crippen LogP contribution in [-0.2, 0) is 22.0 Å². The average Bonchev–Trinajstić information content (AvgIpc) is 3.00. The van der Waals surface area contributed by atoms with Crippen LogP contribution in [0.5, 0.6) is 0 Å². The van der Waals surface area contributed by atoms with Gasteiger partial charge in [-0.3, -0.25) is 4.68 Å². The van der Waals surface area contributed by atoms with Gasteiger partial charge in [0.2, 0.25) is 10.0 Å². The highest BCUT2D eigenvalue weighted by Gasteiger charge is 2.39. The number of rotatable bonds is 4. The van der Waals surface area contributed by atoms with Crippen LogP contribution in [0.15, 0.2) is 41.4 Å². The summed E-state index contributed by atoms with van der Waals surface area (Å²) in [7, 11) is -3.60. The topological polar surface area (TPSA) is 55.2 Å². The molecule has 27 heavy (non-hydrogen) atoms. The molecule has 2 heterocycles. The number of aromatic nitrogens is 2. The van der Waals surface area contributed by atoms with E-state index in [9.17, 15) is 8.42 Å². The van der Waals surface area contributed by atoms with Crippen LogP contribution in [0.1, 0.15) is 65.1 Å². The zero-order valence-corrected chi connectivity index (χ0v) is 17.8. The summed E-state index contributed by atoms with van der Waals surface area (Å²) in [4.78, 5) is 0.353. The second-order valence-corrected chi connectivity index (χ2v) is 10.6. The monoisotopic (exact) mass is 389 g/mol. The fraction of sp³-hybridized carbons (Fsp3) is 0.571. The van der Waals surface area contributed by atoms with Gasteiger partial charge in [-0.25, -0.2) is 8.42 Å². The van der Waals surface area contributed by atoms with Gasteiger partial charge in [0, 0.05) is 23.7 Å². The number of nitrogens with zero attached hydrogens (tertiary/aromatic N) is 3. The molecule has 2 aromatic rings. The smallest absolute Gasteiger partial charge is 0.246 e. The molecule has 1 fully saturated rings. The molecule has 0 radical (unpaired) electrons. The first kappa shape index (κ1) is 20.1. The first-order chi connectivity index (χ1) is 12.6. The van der Waals surface area contributed by atoms with Crippen molar-refractivity contribution in [2.75, 3.05) is 0 Å². The minimum Gasteiger partial charge on any atom is -0.267 e. The second-order valence-electron chi connectivity index (χ2n) is 8.74. The van der Waals surface area contributed by atoms with Gasteiger partial charge in [0.05, 0.1) is 12.2 Å². The van der Waals surface area contributed by atoms with Crippen LogP contribution in [0.4, 0.5) is 0 Å². The normalized spacial score (nSPS) is 22.1. The lowest BCUT2D eigenvalue weighted by Crippen LogP contribution is -2.47. The summed E-state index contributed by atoms with van der Waals surface area (Å²) in [6, 6.07) is 10.0. The average molecular weight is 390 g/mol. The van der Waals surface area contributed by atoms with E-state index in [4.69, 9.17) is 5.10 Å². The largest absolute Gasteiger partial charge is 0.267 e. The first-order valence-corrected chi connectivity index (χ1v) is 11.2. The van der Waals surface area contributed by atoms with Gasteiger partial charge in [-0.05, 0) is 32.3 Å². The molecule has 0 saturated carbocycles. The molecule has 1 aliphatic heterocycles. The fourth-order valence-electron chi connectivity index (χ4n) is 3.95. The second kappa shape index (κ2) is 7.40. The Morgan fingerprint density at radius 2 is 1.67 bits per heavy atom. The van der Waals surface area contributed by atoms with Crippen molar-refractivity contribution in [1.82, 2.24) is 14.1 Å². The molecule has 148 valence electrons. The Kier molecular flexibility index (Phi) is 5.50. The summed E-state index contributed by atoms with van der Waals surface area (Å²) >= 11 is 0. The van der Waals surface area contributed by atoms with Crippen LogP contribution >= 0.6 is 0 Å². The van der Waals surface area contributed by atoms with E-state index in [2.05, 4.69) is 0 Å². The summed E-state index contributed by atoms with van der Waals surface area (Å²) in [5.41, 5.74) is 1.39. The lowest BCUT2D eigenvalue weighted by atomic mass is 9.92. The van der Waals surface area contributed by atoms with E-state index in [1.165, 1.54) is 0 Å². The van der Waals surface area contributed by atoms with E-state index < -0.39 is 10.0 Å². The Morgan fingerprint density at radius 1 is 1.07 bits per heavy atom. The van der Waals surface area contributed by atoms with Crippen LogP contribution in [0.3, 0.4) is 0 Å². The van der Waals surface area contributed by atoms with Crippen molar-refractivity contribution in [2.45, 2.75) is 82.8 Å². The van der Waals surface area contributed by atoms with E-state index in [1.807, 2.05) is 65.0 Å². The third-order valence-corrected chi connectivity index (χ3v) is 7.42. The van der Waals surface area contributed by atoms with Crippen molar-refractivity contribution in [2.24, 2.45) is 0 Å². The quantitative estimate of drug-likeness (QED) is 0.788. The third kappa shape index (κ3) is 4.11. The maximum atomic E-state index is 13.6. The van der Waals surface area contributed by atoms with E-state index in [1.54, 1.807) is 15.2 Å². The maximum absolute atomic E-state index is 13.6. The van der Waals surface area contributed by atoms with Crippen molar-refractivity contribution >= 4 is 10.0 Å². The molecule has 0 aliphatic carbocycles. The highest BCUT2D eigenvalue weighted by atomic mass is 32.2. The molecule has 0 amide bonds. The molecule has 2 atom stereocenters. The van der Waals surface area contributed by atoms with E-state index in [0.717, 1.165) is 24.8 Å². The lowest BCUT2D eigenvalue weighted by Gasteiger charge is -2.37. The molecule has 1 aromatic heterocycles. The third-order valence-electron chi connectivity index (χ3n) is 5.29. The molecule has 6 heteroatoms. The molecule has 3 rings (SSSR count). The molecular formula is C21H31N3O2S. The molecule has 1 aliphatic rings. The minimum absolute atomic E-state index is 0.0176. The van der Waals surface area contributed by atoms with Crippen LogP contribution in [0.2, 0.25) is 0 Å². The SMILES string of the molecule is CC1CCCC(C)N1S(=O)(=O)c1cn(Cc2ccccc2)nc1C(C)(C)C.